The number of unbranched alkanes of at least 4 members (excludes halogenated alkanes) is 2. The maximum absolute atomic E-state index is 15.0. The second-order valence-corrected chi connectivity index (χ2v) is 11.2. The van der Waals surface area contributed by atoms with Gasteiger partial charge in [0, 0.05) is 44.2 Å². The Balaban J connectivity index is 1.20. The molecule has 228 valence electrons. The molecule has 3 aromatic heterocycles. The van der Waals surface area contributed by atoms with Crippen LogP contribution in [0.2, 0.25) is 0 Å². The Kier molecular flexibility index (Phi) is 9.56. The van der Waals surface area contributed by atoms with E-state index in [0.29, 0.717) is 29.1 Å². The highest BCUT2D eigenvalue weighted by molar-refractivity contribution is 5.83. The molecule has 0 aliphatic carbocycles. The van der Waals surface area contributed by atoms with Gasteiger partial charge in [0.15, 0.2) is 17.4 Å². The van der Waals surface area contributed by atoms with Crippen LogP contribution in [0.3, 0.4) is 0 Å². The van der Waals surface area contributed by atoms with Gasteiger partial charge in [-0.25, -0.2) is 28.7 Å². The number of aliphatic hydroxyl groups is 1. The third kappa shape index (κ3) is 7.14. The summed E-state index contributed by atoms with van der Waals surface area (Å²) in [6.45, 7) is 10.1. The van der Waals surface area contributed by atoms with Gasteiger partial charge < -0.3 is 19.9 Å². The highest BCUT2D eigenvalue weighted by Crippen LogP contribution is 2.30. The molecule has 0 bridgehead atoms. The SMILES string of the molecule is Cc1nc2c(F)cc(-c3nc(Nc4ccc(N5CCN(CCCCCC(=O)CO)CC5)cn4)ncc3F)cc2n1C(C)C. The molecule has 0 unspecified atom stereocenters. The van der Waals surface area contributed by atoms with Gasteiger partial charge in [-0.1, -0.05) is 6.42 Å². The molecule has 1 aliphatic heterocycles. The van der Waals surface area contributed by atoms with Crippen LogP contribution in [0.1, 0.15) is 51.4 Å². The first-order valence-electron chi connectivity index (χ1n) is 14.8. The zero-order valence-corrected chi connectivity index (χ0v) is 24.9. The first-order chi connectivity index (χ1) is 20.7. The summed E-state index contributed by atoms with van der Waals surface area (Å²) in [6, 6.07) is 6.83. The van der Waals surface area contributed by atoms with Crippen LogP contribution in [0.25, 0.3) is 22.3 Å². The van der Waals surface area contributed by atoms with Crippen LogP contribution in [0.4, 0.5) is 26.2 Å². The van der Waals surface area contributed by atoms with E-state index in [9.17, 15) is 9.18 Å². The molecular formula is C31H38F2N8O2. The largest absolute Gasteiger partial charge is 0.389 e. The Bertz CT molecular complexity index is 1570. The lowest BCUT2D eigenvalue weighted by Gasteiger charge is -2.36. The molecule has 10 nitrogen and oxygen atoms in total. The van der Waals surface area contributed by atoms with E-state index in [2.05, 4.69) is 35.1 Å². The summed E-state index contributed by atoms with van der Waals surface area (Å²) in [6.07, 6.45) is 6.17. The van der Waals surface area contributed by atoms with E-state index in [1.165, 1.54) is 6.07 Å². The van der Waals surface area contributed by atoms with Crippen molar-refractivity contribution in [2.45, 2.75) is 52.5 Å². The zero-order valence-electron chi connectivity index (χ0n) is 24.9. The average molecular weight is 593 g/mol. The maximum atomic E-state index is 15.0. The van der Waals surface area contributed by atoms with Crippen molar-refractivity contribution in [3.8, 4) is 11.3 Å². The predicted molar refractivity (Wildman–Crippen MR) is 163 cm³/mol. The summed E-state index contributed by atoms with van der Waals surface area (Å²) in [5.74, 6) is 0.0660. The number of carbonyl (C=O) groups is 1. The average Bonchev–Trinajstić information content (AvgIpc) is 3.35. The van der Waals surface area contributed by atoms with Crippen molar-refractivity contribution in [3.05, 3.63) is 54.1 Å². The van der Waals surface area contributed by atoms with Crippen molar-refractivity contribution >= 4 is 34.3 Å². The number of hydrogen-bond acceptors (Lipinski definition) is 9. The van der Waals surface area contributed by atoms with Gasteiger partial charge in [0.05, 0.1) is 23.6 Å². The third-order valence-electron chi connectivity index (χ3n) is 7.79. The lowest BCUT2D eigenvalue weighted by Crippen LogP contribution is -2.46. The summed E-state index contributed by atoms with van der Waals surface area (Å²) in [4.78, 5) is 33.2. The van der Waals surface area contributed by atoms with Crippen LogP contribution in [0.15, 0.2) is 36.7 Å². The van der Waals surface area contributed by atoms with Gasteiger partial charge in [-0.2, -0.15) is 0 Å². The summed E-state index contributed by atoms with van der Waals surface area (Å²) < 4.78 is 31.8. The highest BCUT2D eigenvalue weighted by atomic mass is 19.1. The monoisotopic (exact) mass is 592 g/mol. The number of rotatable bonds is 12. The molecule has 1 fully saturated rings. The van der Waals surface area contributed by atoms with E-state index in [-0.39, 0.29) is 35.6 Å². The number of carbonyl (C=O) groups excluding carboxylic acids is 1. The molecule has 1 saturated heterocycles. The fraction of sp³-hybridized carbons (Fsp3) is 0.452. The molecule has 1 aliphatic rings. The summed E-state index contributed by atoms with van der Waals surface area (Å²) in [5.41, 5.74) is 2.13. The molecule has 1 aromatic carbocycles. The number of piperazine rings is 1. The van der Waals surface area contributed by atoms with Gasteiger partial charge in [0.1, 0.15) is 29.5 Å². The lowest BCUT2D eigenvalue weighted by molar-refractivity contribution is -0.121. The Morgan fingerprint density at radius 3 is 2.49 bits per heavy atom. The number of nitrogens with one attached hydrogen (secondary N) is 1. The number of benzene rings is 1. The number of halogens is 2. The predicted octanol–water partition coefficient (Wildman–Crippen LogP) is 5.04. The topological polar surface area (TPSA) is 112 Å². The number of aromatic nitrogens is 5. The van der Waals surface area contributed by atoms with Crippen LogP contribution in [-0.2, 0) is 4.79 Å². The van der Waals surface area contributed by atoms with Crippen molar-refractivity contribution in [2.24, 2.45) is 0 Å². The van der Waals surface area contributed by atoms with Crippen molar-refractivity contribution in [1.29, 1.82) is 0 Å². The van der Waals surface area contributed by atoms with E-state index in [1.54, 1.807) is 12.3 Å². The highest BCUT2D eigenvalue weighted by Gasteiger charge is 2.20. The minimum absolute atomic E-state index is 0.0133. The van der Waals surface area contributed by atoms with Crippen LogP contribution < -0.4 is 10.2 Å². The van der Waals surface area contributed by atoms with Crippen LogP contribution >= 0.6 is 0 Å². The molecule has 0 radical (unpaired) electrons. The van der Waals surface area contributed by atoms with E-state index < -0.39 is 11.6 Å². The van der Waals surface area contributed by atoms with E-state index in [1.807, 2.05) is 37.5 Å². The zero-order chi connectivity index (χ0) is 30.5. The van der Waals surface area contributed by atoms with Gasteiger partial charge in [0.2, 0.25) is 5.95 Å². The molecule has 4 heterocycles. The number of imidazole rings is 1. The quantitative estimate of drug-likeness (QED) is 0.219. The number of hydrogen-bond donors (Lipinski definition) is 2. The van der Waals surface area contributed by atoms with Gasteiger partial charge in [-0.05, 0) is 64.4 Å². The first kappa shape index (κ1) is 30.4. The standard InChI is InChI=1S/C31H38F2N8O2/c1-20(2)41-21(3)36-30-25(32)15-22(16-27(30)41)29-26(33)18-35-31(38-29)37-28-9-8-23(17-34-28)40-13-11-39(12-14-40)10-6-4-5-7-24(43)19-42/h8-9,15-18,20,42H,4-7,10-14,19H2,1-3H3,(H,34,35,37,38). The van der Waals surface area contributed by atoms with Crippen molar-refractivity contribution in [1.82, 2.24) is 29.4 Å². The molecule has 43 heavy (non-hydrogen) atoms. The fourth-order valence-corrected chi connectivity index (χ4v) is 5.59. The molecule has 5 rings (SSSR count). The minimum atomic E-state index is -0.657. The number of aryl methyl sites for hydroxylation is 1. The van der Waals surface area contributed by atoms with Crippen molar-refractivity contribution in [3.63, 3.8) is 0 Å². The smallest absolute Gasteiger partial charge is 0.229 e. The molecule has 0 atom stereocenters. The lowest BCUT2D eigenvalue weighted by atomic mass is 10.1. The van der Waals surface area contributed by atoms with Gasteiger partial charge >= 0.3 is 0 Å². The number of aliphatic hydroxyl groups excluding tert-OH is 1. The molecule has 0 saturated carbocycles. The third-order valence-corrected chi connectivity index (χ3v) is 7.79. The fourth-order valence-electron chi connectivity index (χ4n) is 5.59. The van der Waals surface area contributed by atoms with Crippen molar-refractivity contribution in [2.75, 3.05) is 49.5 Å². The molecule has 2 N–H and O–H groups in total. The number of fused-ring (bicyclic) bond motifs is 1. The van der Waals surface area contributed by atoms with Crippen LogP contribution in [0, 0.1) is 18.6 Å². The molecule has 12 heteroatoms. The molecule has 0 amide bonds. The molecule has 4 aromatic rings. The van der Waals surface area contributed by atoms with Crippen molar-refractivity contribution < 1.29 is 18.7 Å². The van der Waals surface area contributed by atoms with Crippen LogP contribution in [-0.4, -0.2) is 79.6 Å². The Labute approximate surface area is 249 Å². The van der Waals surface area contributed by atoms with Gasteiger partial charge in [-0.3, -0.25) is 9.69 Å². The molecule has 0 spiro atoms. The van der Waals surface area contributed by atoms with Gasteiger partial charge in [-0.15, -0.1) is 0 Å². The summed E-state index contributed by atoms with van der Waals surface area (Å²) >= 11 is 0. The number of ketones is 1. The Morgan fingerprint density at radius 1 is 1.00 bits per heavy atom. The minimum Gasteiger partial charge on any atom is -0.389 e. The summed E-state index contributed by atoms with van der Waals surface area (Å²) in [5, 5.41) is 11.8. The first-order valence-corrected chi connectivity index (χ1v) is 14.8. The number of Topliss-reactive ketones (excluding diaryl/α,β-unsaturated/α-hetero) is 1. The summed E-state index contributed by atoms with van der Waals surface area (Å²) in [7, 11) is 0. The normalized spacial score (nSPS) is 14.2. The Morgan fingerprint density at radius 2 is 1.79 bits per heavy atom. The molecular weight excluding hydrogens is 554 g/mol. The van der Waals surface area contributed by atoms with E-state index in [0.717, 1.165) is 63.9 Å². The number of nitrogens with zero attached hydrogens (tertiary/aromatic N) is 7. The maximum Gasteiger partial charge on any atom is 0.229 e. The number of pyridine rings is 1. The van der Waals surface area contributed by atoms with Crippen LogP contribution in [0.5, 0.6) is 0 Å². The van der Waals surface area contributed by atoms with E-state index >= 15 is 4.39 Å². The van der Waals surface area contributed by atoms with Gasteiger partial charge in [0.25, 0.3) is 0 Å². The number of anilines is 3. The Hall–Kier alpha value is -4.03. The second kappa shape index (κ2) is 13.5. The van der Waals surface area contributed by atoms with E-state index in [4.69, 9.17) is 5.11 Å². The second-order valence-electron chi connectivity index (χ2n) is 11.2.